The third-order valence-corrected chi connectivity index (χ3v) is 4.43. The molecule has 0 radical (unpaired) electrons. The second kappa shape index (κ2) is 8.08. The molecule has 0 bridgehead atoms. The average molecular weight is 422 g/mol. The Morgan fingerprint density at radius 3 is 2.55 bits per heavy atom. The summed E-state index contributed by atoms with van der Waals surface area (Å²) in [7, 11) is 1.40. The Hall–Kier alpha value is -3.13. The number of anilines is 1. The van der Waals surface area contributed by atoms with Gasteiger partial charge in [0.1, 0.15) is 5.69 Å². The first kappa shape index (κ1) is 20.6. The first-order valence-electron chi connectivity index (χ1n) is 8.43. The van der Waals surface area contributed by atoms with E-state index < -0.39 is 28.6 Å². The molecule has 5 nitrogen and oxygen atoms in total. The zero-order chi connectivity index (χ0) is 21.2. The molecule has 3 aromatic rings. The lowest BCUT2D eigenvalue weighted by molar-refractivity contribution is -0.137. The molecule has 0 atom stereocenters. The molecule has 0 unspecified atom stereocenters. The Morgan fingerprint density at radius 1 is 1.10 bits per heavy atom. The number of carbonyl (C=O) groups excluding carboxylic acids is 2. The summed E-state index contributed by atoms with van der Waals surface area (Å²) in [5.41, 5.74) is -0.333. The lowest BCUT2D eigenvalue weighted by Gasteiger charge is -2.17. The number of amides is 2. The number of hydrogen-bond donors (Lipinski definition) is 1. The van der Waals surface area contributed by atoms with Crippen LogP contribution in [-0.4, -0.2) is 35.3 Å². The SMILES string of the molecule is CN(CC(=O)Nc1ccc(Cl)c(C(F)(F)F)c1)C(=O)c1ccc2ccccc2n1. The van der Waals surface area contributed by atoms with Crippen LogP contribution in [0.3, 0.4) is 0 Å². The minimum atomic E-state index is -4.65. The monoisotopic (exact) mass is 421 g/mol. The highest BCUT2D eigenvalue weighted by molar-refractivity contribution is 6.31. The smallest absolute Gasteiger partial charge is 0.331 e. The summed E-state index contributed by atoms with van der Waals surface area (Å²) in [4.78, 5) is 30.1. The maximum absolute atomic E-state index is 12.9. The normalized spacial score (nSPS) is 11.3. The van der Waals surface area contributed by atoms with Crippen molar-refractivity contribution in [3.05, 3.63) is 70.9 Å². The molecule has 0 aliphatic rings. The van der Waals surface area contributed by atoms with E-state index in [9.17, 15) is 22.8 Å². The number of carbonyl (C=O) groups is 2. The molecule has 2 amide bonds. The van der Waals surface area contributed by atoms with Crippen molar-refractivity contribution in [2.45, 2.75) is 6.18 Å². The molecule has 3 rings (SSSR count). The van der Waals surface area contributed by atoms with Crippen LogP contribution < -0.4 is 5.32 Å². The summed E-state index contributed by atoms with van der Waals surface area (Å²) in [5.74, 6) is -1.14. The minimum Gasteiger partial charge on any atom is -0.331 e. The molecule has 150 valence electrons. The largest absolute Gasteiger partial charge is 0.417 e. The predicted molar refractivity (Wildman–Crippen MR) is 104 cm³/mol. The molecule has 0 saturated heterocycles. The number of rotatable bonds is 4. The van der Waals surface area contributed by atoms with Crippen LogP contribution in [0, 0.1) is 0 Å². The molecule has 1 aromatic heterocycles. The van der Waals surface area contributed by atoms with Gasteiger partial charge in [-0.3, -0.25) is 9.59 Å². The average Bonchev–Trinajstić information content (AvgIpc) is 2.67. The van der Waals surface area contributed by atoms with Crippen LogP contribution in [0.5, 0.6) is 0 Å². The number of benzene rings is 2. The van der Waals surface area contributed by atoms with Gasteiger partial charge in [0.05, 0.1) is 22.6 Å². The van der Waals surface area contributed by atoms with Crippen LogP contribution in [0.15, 0.2) is 54.6 Å². The molecule has 29 heavy (non-hydrogen) atoms. The molecular weight excluding hydrogens is 407 g/mol. The van der Waals surface area contributed by atoms with Gasteiger partial charge in [-0.2, -0.15) is 13.2 Å². The van der Waals surface area contributed by atoms with Crippen LogP contribution in [0.25, 0.3) is 10.9 Å². The quantitative estimate of drug-likeness (QED) is 0.668. The fraction of sp³-hybridized carbons (Fsp3) is 0.150. The summed E-state index contributed by atoms with van der Waals surface area (Å²) in [6.45, 7) is -0.364. The molecule has 0 aliphatic carbocycles. The van der Waals surface area contributed by atoms with Gasteiger partial charge in [0, 0.05) is 18.1 Å². The van der Waals surface area contributed by atoms with E-state index >= 15 is 0 Å². The fourth-order valence-electron chi connectivity index (χ4n) is 2.69. The van der Waals surface area contributed by atoms with E-state index in [1.54, 1.807) is 24.3 Å². The van der Waals surface area contributed by atoms with E-state index in [4.69, 9.17) is 11.6 Å². The predicted octanol–water partition coefficient (Wildman–Crippen LogP) is 4.62. The lowest BCUT2D eigenvalue weighted by Crippen LogP contribution is -2.35. The molecule has 9 heteroatoms. The van der Waals surface area contributed by atoms with Crippen LogP contribution in [0.2, 0.25) is 5.02 Å². The van der Waals surface area contributed by atoms with Crippen LogP contribution in [-0.2, 0) is 11.0 Å². The van der Waals surface area contributed by atoms with Gasteiger partial charge < -0.3 is 10.2 Å². The van der Waals surface area contributed by atoms with E-state index in [1.165, 1.54) is 13.1 Å². The van der Waals surface area contributed by atoms with Gasteiger partial charge in [0.2, 0.25) is 5.91 Å². The number of nitrogens with zero attached hydrogens (tertiary/aromatic N) is 2. The van der Waals surface area contributed by atoms with E-state index in [1.807, 2.05) is 12.1 Å². The van der Waals surface area contributed by atoms with Gasteiger partial charge in [-0.05, 0) is 30.3 Å². The number of aromatic nitrogens is 1. The van der Waals surface area contributed by atoms with Gasteiger partial charge in [-0.15, -0.1) is 0 Å². The lowest BCUT2D eigenvalue weighted by atomic mass is 10.2. The van der Waals surface area contributed by atoms with Crippen molar-refractivity contribution < 1.29 is 22.8 Å². The molecular formula is C20H15ClF3N3O2. The maximum Gasteiger partial charge on any atom is 0.417 e. The zero-order valence-corrected chi connectivity index (χ0v) is 15.9. The highest BCUT2D eigenvalue weighted by Gasteiger charge is 2.33. The molecule has 0 saturated carbocycles. The fourth-order valence-corrected chi connectivity index (χ4v) is 2.91. The number of halogens is 4. The minimum absolute atomic E-state index is 0.0728. The number of pyridine rings is 1. The second-order valence-corrected chi connectivity index (χ2v) is 6.70. The summed E-state index contributed by atoms with van der Waals surface area (Å²) >= 11 is 5.56. The Balaban J connectivity index is 1.69. The number of likely N-dealkylation sites (N-methyl/N-ethyl adjacent to an activating group) is 1. The van der Waals surface area contributed by atoms with Crippen molar-refractivity contribution in [1.29, 1.82) is 0 Å². The summed E-state index contributed by atoms with van der Waals surface area (Å²) in [5, 5.41) is 2.74. The molecule has 0 fully saturated rings. The van der Waals surface area contributed by atoms with Gasteiger partial charge in [0.15, 0.2) is 0 Å². The Labute approximate surface area is 169 Å². The summed E-state index contributed by atoms with van der Waals surface area (Å²) in [6.07, 6.45) is -4.65. The third-order valence-electron chi connectivity index (χ3n) is 4.10. The van der Waals surface area contributed by atoms with E-state index in [2.05, 4.69) is 10.3 Å². The highest BCUT2D eigenvalue weighted by Crippen LogP contribution is 2.36. The van der Waals surface area contributed by atoms with E-state index in [0.29, 0.717) is 5.52 Å². The molecule has 1 N–H and O–H groups in total. The number of para-hydroxylation sites is 1. The first-order chi connectivity index (χ1) is 13.6. The van der Waals surface area contributed by atoms with Crippen molar-refractivity contribution in [3.8, 4) is 0 Å². The Bertz CT molecular complexity index is 1090. The Kier molecular flexibility index (Phi) is 5.74. The number of hydrogen-bond acceptors (Lipinski definition) is 3. The van der Waals surface area contributed by atoms with Crippen molar-refractivity contribution >= 4 is 40.0 Å². The van der Waals surface area contributed by atoms with Gasteiger partial charge in [-0.1, -0.05) is 35.9 Å². The first-order valence-corrected chi connectivity index (χ1v) is 8.81. The summed E-state index contributed by atoms with van der Waals surface area (Å²) < 4.78 is 38.8. The maximum atomic E-state index is 12.9. The molecule has 0 aliphatic heterocycles. The summed E-state index contributed by atoms with van der Waals surface area (Å²) in [6, 6.07) is 13.6. The van der Waals surface area contributed by atoms with Crippen LogP contribution in [0.4, 0.5) is 18.9 Å². The number of fused-ring (bicyclic) bond motifs is 1. The van der Waals surface area contributed by atoms with Crippen molar-refractivity contribution in [2.75, 3.05) is 18.9 Å². The number of nitrogens with one attached hydrogen (secondary N) is 1. The molecule has 2 aromatic carbocycles. The van der Waals surface area contributed by atoms with Crippen molar-refractivity contribution in [2.24, 2.45) is 0 Å². The Morgan fingerprint density at radius 2 is 1.83 bits per heavy atom. The van der Waals surface area contributed by atoms with Crippen LogP contribution >= 0.6 is 11.6 Å². The van der Waals surface area contributed by atoms with Gasteiger partial charge in [-0.25, -0.2) is 4.98 Å². The van der Waals surface area contributed by atoms with E-state index in [0.717, 1.165) is 22.4 Å². The van der Waals surface area contributed by atoms with Gasteiger partial charge >= 0.3 is 6.18 Å². The van der Waals surface area contributed by atoms with Gasteiger partial charge in [0.25, 0.3) is 5.91 Å². The van der Waals surface area contributed by atoms with Crippen molar-refractivity contribution in [3.63, 3.8) is 0 Å². The highest BCUT2D eigenvalue weighted by atomic mass is 35.5. The van der Waals surface area contributed by atoms with Crippen molar-refractivity contribution in [1.82, 2.24) is 9.88 Å². The molecule has 1 heterocycles. The zero-order valence-electron chi connectivity index (χ0n) is 15.1. The van der Waals surface area contributed by atoms with E-state index in [-0.39, 0.29) is 17.9 Å². The number of alkyl halides is 3. The standard InChI is InChI=1S/C20H15ClF3N3O2/c1-27(19(29)17-9-6-12-4-2-3-5-16(12)26-17)11-18(28)25-13-7-8-15(21)14(10-13)20(22,23)24/h2-10H,11H2,1H3,(H,25,28). The van der Waals surface area contributed by atoms with Crippen LogP contribution in [0.1, 0.15) is 16.1 Å². The second-order valence-electron chi connectivity index (χ2n) is 6.29. The topological polar surface area (TPSA) is 62.3 Å². The third kappa shape index (κ3) is 4.83. The molecule has 0 spiro atoms.